The van der Waals surface area contributed by atoms with E-state index in [1.54, 1.807) is 6.20 Å². The summed E-state index contributed by atoms with van der Waals surface area (Å²) in [5, 5.41) is 0.703. The van der Waals surface area contributed by atoms with E-state index in [4.69, 9.17) is 11.6 Å². The van der Waals surface area contributed by atoms with E-state index in [0.717, 1.165) is 29.5 Å². The Balaban J connectivity index is 1.60. The van der Waals surface area contributed by atoms with E-state index < -0.39 is 0 Å². The Bertz CT molecular complexity index is 926. The van der Waals surface area contributed by atoms with Gasteiger partial charge in [-0.3, -0.25) is 9.78 Å². The first kappa shape index (κ1) is 18.7. The zero-order valence-corrected chi connectivity index (χ0v) is 16.4. The van der Waals surface area contributed by atoms with E-state index in [1.165, 1.54) is 0 Å². The molecule has 142 valence electrons. The molecule has 1 atom stereocenters. The molecule has 1 unspecified atom stereocenters. The lowest BCUT2D eigenvalue weighted by Gasteiger charge is -2.26. The van der Waals surface area contributed by atoms with Gasteiger partial charge in [-0.15, -0.1) is 0 Å². The van der Waals surface area contributed by atoms with Gasteiger partial charge in [0.15, 0.2) is 0 Å². The van der Waals surface area contributed by atoms with Gasteiger partial charge >= 0.3 is 0 Å². The van der Waals surface area contributed by atoms with Crippen molar-refractivity contribution in [3.05, 3.63) is 101 Å². The van der Waals surface area contributed by atoms with E-state index in [1.807, 2.05) is 65.7 Å². The van der Waals surface area contributed by atoms with E-state index in [9.17, 15) is 4.79 Å². The van der Waals surface area contributed by atoms with E-state index in [-0.39, 0.29) is 11.8 Å². The summed E-state index contributed by atoms with van der Waals surface area (Å²) in [7, 11) is 0. The average molecular weight is 391 g/mol. The minimum Gasteiger partial charge on any atom is -0.335 e. The summed E-state index contributed by atoms with van der Waals surface area (Å²) in [6.45, 7) is 0.612. The molecule has 1 aromatic heterocycles. The van der Waals surface area contributed by atoms with Crippen LogP contribution in [-0.4, -0.2) is 21.8 Å². The van der Waals surface area contributed by atoms with Crippen LogP contribution >= 0.6 is 11.6 Å². The molecule has 4 rings (SSSR count). The molecule has 1 amide bonds. The van der Waals surface area contributed by atoms with Crippen LogP contribution in [0.2, 0.25) is 5.02 Å². The summed E-state index contributed by atoms with van der Waals surface area (Å²) in [5.74, 6) is 0.109. The van der Waals surface area contributed by atoms with Crippen molar-refractivity contribution < 1.29 is 4.79 Å². The van der Waals surface area contributed by atoms with Gasteiger partial charge in [-0.1, -0.05) is 66.2 Å². The monoisotopic (exact) mass is 390 g/mol. The van der Waals surface area contributed by atoms with Crippen molar-refractivity contribution in [1.29, 1.82) is 0 Å². The van der Waals surface area contributed by atoms with Crippen LogP contribution in [-0.2, 0) is 11.3 Å². The maximum atomic E-state index is 13.4. The number of carbonyl (C=O) groups excluding carboxylic acids is 1. The molecule has 0 bridgehead atoms. The molecule has 0 radical (unpaired) electrons. The standard InChI is InChI=1S/C24H23ClN2O/c25-23-11-5-4-10-21(23)22(19-8-2-1-3-9-19)15-24(28)27(20-12-13-20)17-18-7-6-14-26-16-18/h1-11,14,16,20,22H,12-13,15,17H2. The second-order valence-electron chi connectivity index (χ2n) is 7.30. The maximum Gasteiger partial charge on any atom is 0.224 e. The van der Waals surface area contributed by atoms with Crippen LogP contribution in [0.3, 0.4) is 0 Å². The lowest BCUT2D eigenvalue weighted by Crippen LogP contribution is -2.33. The highest BCUT2D eigenvalue weighted by atomic mass is 35.5. The summed E-state index contributed by atoms with van der Waals surface area (Å²) in [6, 6.07) is 22.3. The van der Waals surface area contributed by atoms with Crippen LogP contribution in [0.5, 0.6) is 0 Å². The molecule has 0 aliphatic heterocycles. The molecule has 0 saturated heterocycles. The Hall–Kier alpha value is -2.65. The average Bonchev–Trinajstić information content (AvgIpc) is 3.57. The first-order valence-electron chi connectivity index (χ1n) is 9.70. The van der Waals surface area contributed by atoms with Crippen LogP contribution in [0.15, 0.2) is 79.1 Å². The molecular formula is C24H23ClN2O. The van der Waals surface area contributed by atoms with Gasteiger partial charge in [0.2, 0.25) is 5.91 Å². The number of rotatable bonds is 7. The minimum atomic E-state index is -0.0578. The van der Waals surface area contributed by atoms with Crippen LogP contribution < -0.4 is 0 Å². The maximum absolute atomic E-state index is 13.4. The highest BCUT2D eigenvalue weighted by Gasteiger charge is 2.34. The number of nitrogens with zero attached hydrogens (tertiary/aromatic N) is 2. The summed E-state index contributed by atoms with van der Waals surface area (Å²) in [4.78, 5) is 19.6. The van der Waals surface area contributed by atoms with Crippen LogP contribution in [0, 0.1) is 0 Å². The van der Waals surface area contributed by atoms with Gasteiger partial charge in [-0.2, -0.15) is 0 Å². The molecule has 3 nitrogen and oxygen atoms in total. The Labute approximate surface area is 171 Å². The largest absolute Gasteiger partial charge is 0.335 e. The van der Waals surface area contributed by atoms with Crippen molar-refractivity contribution in [2.45, 2.75) is 37.8 Å². The van der Waals surface area contributed by atoms with Gasteiger partial charge in [-0.25, -0.2) is 0 Å². The summed E-state index contributed by atoms with van der Waals surface area (Å²) in [6.07, 6.45) is 6.16. The zero-order chi connectivity index (χ0) is 19.3. The molecule has 1 aliphatic carbocycles. The third-order valence-electron chi connectivity index (χ3n) is 5.25. The molecule has 1 aliphatic rings. The van der Waals surface area contributed by atoms with Gasteiger partial charge in [0.25, 0.3) is 0 Å². The molecule has 1 saturated carbocycles. The van der Waals surface area contributed by atoms with Crippen molar-refractivity contribution in [1.82, 2.24) is 9.88 Å². The number of carbonyl (C=O) groups is 1. The number of halogens is 1. The van der Waals surface area contributed by atoms with Crippen molar-refractivity contribution in [2.75, 3.05) is 0 Å². The topological polar surface area (TPSA) is 33.2 Å². The Kier molecular flexibility index (Phi) is 5.73. The number of hydrogen-bond acceptors (Lipinski definition) is 2. The fourth-order valence-electron chi connectivity index (χ4n) is 3.64. The lowest BCUT2D eigenvalue weighted by atomic mass is 9.88. The van der Waals surface area contributed by atoms with Crippen molar-refractivity contribution in [3.8, 4) is 0 Å². The first-order chi connectivity index (χ1) is 13.7. The molecule has 1 heterocycles. The molecule has 2 aromatic carbocycles. The third-order valence-corrected chi connectivity index (χ3v) is 5.59. The molecule has 0 spiro atoms. The molecule has 3 aromatic rings. The van der Waals surface area contributed by atoms with Crippen LogP contribution in [0.25, 0.3) is 0 Å². The van der Waals surface area contributed by atoms with Gasteiger partial charge in [0, 0.05) is 42.3 Å². The molecule has 28 heavy (non-hydrogen) atoms. The molecule has 0 N–H and O–H groups in total. The van der Waals surface area contributed by atoms with Crippen molar-refractivity contribution in [2.24, 2.45) is 0 Å². The highest BCUT2D eigenvalue weighted by molar-refractivity contribution is 6.31. The SMILES string of the molecule is O=C(CC(c1ccccc1)c1ccccc1Cl)N(Cc1cccnc1)C1CC1. The number of pyridine rings is 1. The Morgan fingerprint density at radius 3 is 2.46 bits per heavy atom. The number of amides is 1. The predicted octanol–water partition coefficient (Wildman–Crippen LogP) is 5.45. The minimum absolute atomic E-state index is 0.0578. The second kappa shape index (κ2) is 8.57. The molecule has 4 heteroatoms. The number of aromatic nitrogens is 1. The number of benzene rings is 2. The van der Waals surface area contributed by atoms with Crippen LogP contribution in [0.1, 0.15) is 41.9 Å². The van der Waals surface area contributed by atoms with Crippen molar-refractivity contribution >= 4 is 17.5 Å². The number of hydrogen-bond donors (Lipinski definition) is 0. The third kappa shape index (κ3) is 4.42. The fourth-order valence-corrected chi connectivity index (χ4v) is 3.91. The van der Waals surface area contributed by atoms with Gasteiger partial charge in [0.1, 0.15) is 0 Å². The predicted molar refractivity (Wildman–Crippen MR) is 112 cm³/mol. The Morgan fingerprint density at radius 1 is 1.04 bits per heavy atom. The van der Waals surface area contributed by atoms with Gasteiger partial charge in [-0.05, 0) is 41.7 Å². The zero-order valence-electron chi connectivity index (χ0n) is 15.7. The van der Waals surface area contributed by atoms with Crippen molar-refractivity contribution in [3.63, 3.8) is 0 Å². The van der Waals surface area contributed by atoms with Gasteiger partial charge < -0.3 is 4.90 Å². The summed E-state index contributed by atoms with van der Waals surface area (Å²) < 4.78 is 0. The van der Waals surface area contributed by atoms with Crippen LogP contribution in [0.4, 0.5) is 0 Å². The summed E-state index contributed by atoms with van der Waals surface area (Å²) >= 11 is 6.50. The molecule has 1 fully saturated rings. The van der Waals surface area contributed by atoms with E-state index >= 15 is 0 Å². The smallest absolute Gasteiger partial charge is 0.224 e. The summed E-state index contributed by atoms with van der Waals surface area (Å²) in [5.41, 5.74) is 3.18. The quantitative estimate of drug-likeness (QED) is 0.537. The lowest BCUT2D eigenvalue weighted by molar-refractivity contribution is -0.132. The Morgan fingerprint density at radius 2 is 1.79 bits per heavy atom. The first-order valence-corrected chi connectivity index (χ1v) is 10.1. The second-order valence-corrected chi connectivity index (χ2v) is 7.71. The highest BCUT2D eigenvalue weighted by Crippen LogP contribution is 2.35. The van der Waals surface area contributed by atoms with E-state index in [2.05, 4.69) is 17.1 Å². The van der Waals surface area contributed by atoms with Gasteiger partial charge in [0.05, 0.1) is 0 Å². The van der Waals surface area contributed by atoms with E-state index in [0.29, 0.717) is 24.0 Å². The fraction of sp³-hybridized carbons (Fsp3) is 0.250. The molecular weight excluding hydrogens is 368 g/mol. The normalized spacial score (nSPS) is 14.5.